The number of thiazole rings is 1. The summed E-state index contributed by atoms with van der Waals surface area (Å²) in [5, 5.41) is 11.0. The molecule has 0 saturated carbocycles. The van der Waals surface area contributed by atoms with Crippen LogP contribution in [-0.2, 0) is 14.8 Å². The topological polar surface area (TPSA) is 126 Å². The third-order valence-electron chi connectivity index (χ3n) is 5.72. The molecule has 204 valence electrons. The normalized spacial score (nSPS) is 18.8. The predicted octanol–water partition coefficient (Wildman–Crippen LogP) is 5.86. The van der Waals surface area contributed by atoms with Crippen LogP contribution in [0.1, 0.15) is 54.4 Å². The fourth-order valence-corrected chi connectivity index (χ4v) is 6.21. The van der Waals surface area contributed by atoms with Crippen LogP contribution in [0, 0.1) is 5.41 Å². The molecule has 2 aromatic rings. The fourth-order valence-electron chi connectivity index (χ4n) is 4.04. The molecule has 10 nitrogen and oxygen atoms in total. The molecule has 0 bridgehead atoms. The number of carbonyl (C=O) groups is 2. The molecule has 1 fully saturated rings. The number of hydrogen-bond donors (Lipinski definition) is 1. The second-order valence-corrected chi connectivity index (χ2v) is 13.7. The fraction of sp³-hybridized carbons (Fsp3) is 0.542. The smallest absolute Gasteiger partial charge is 0.430 e. The van der Waals surface area contributed by atoms with E-state index in [4.69, 9.17) is 21.1 Å². The number of nitrogens with zero attached hydrogens (tertiary/aromatic N) is 3. The van der Waals surface area contributed by atoms with Gasteiger partial charge in [0.1, 0.15) is 17.5 Å². The Hall–Kier alpha value is -2.57. The molecule has 2 unspecified atom stereocenters. The van der Waals surface area contributed by atoms with Gasteiger partial charge in [-0.3, -0.25) is 0 Å². The Bertz CT molecular complexity index is 1240. The van der Waals surface area contributed by atoms with E-state index in [-0.39, 0.29) is 39.0 Å². The van der Waals surface area contributed by atoms with Gasteiger partial charge in [0, 0.05) is 30.8 Å². The maximum atomic E-state index is 13.5. The quantitative estimate of drug-likeness (QED) is 0.471. The van der Waals surface area contributed by atoms with Crippen molar-refractivity contribution >= 4 is 51.0 Å². The standard InChI is InChI=1S/C24H32ClN3O7S2/c1-23(2,3)19-11-15(9-10-27(19)21(29)30)34-18-8-7-16(12-17(18)25)37(32,33)28(20-13-36-14-26-20)22(31)35-24(4,5)6/h7-8,12-15,19H,9-11H2,1-6H3,(H,29,30). The first kappa shape index (κ1) is 29.0. The Labute approximate surface area is 226 Å². The van der Waals surface area contributed by atoms with Crippen LogP contribution < -0.4 is 9.04 Å². The van der Waals surface area contributed by atoms with Gasteiger partial charge in [-0.05, 0) is 44.4 Å². The molecular formula is C24H32ClN3O7S2. The molecule has 1 aliphatic rings. The van der Waals surface area contributed by atoms with E-state index in [1.54, 1.807) is 20.8 Å². The molecule has 1 aromatic heterocycles. The van der Waals surface area contributed by atoms with Gasteiger partial charge in [0.2, 0.25) is 0 Å². The second kappa shape index (κ2) is 10.7. The number of benzene rings is 1. The highest BCUT2D eigenvalue weighted by molar-refractivity contribution is 7.93. The van der Waals surface area contributed by atoms with Crippen LogP contribution in [0.15, 0.2) is 34.0 Å². The zero-order chi connectivity index (χ0) is 27.8. The summed E-state index contributed by atoms with van der Waals surface area (Å²) in [5.74, 6) is 0.175. The number of ether oxygens (including phenoxy) is 2. The van der Waals surface area contributed by atoms with E-state index in [1.165, 1.54) is 34.0 Å². The van der Waals surface area contributed by atoms with Crippen molar-refractivity contribution in [2.75, 3.05) is 10.8 Å². The summed E-state index contributed by atoms with van der Waals surface area (Å²) in [7, 11) is -4.42. The lowest BCUT2D eigenvalue weighted by Gasteiger charge is -2.44. The summed E-state index contributed by atoms with van der Waals surface area (Å²) < 4.78 is 38.9. The number of rotatable bonds is 5. The van der Waals surface area contributed by atoms with E-state index < -0.39 is 27.8 Å². The van der Waals surface area contributed by atoms with Crippen LogP contribution in [0.4, 0.5) is 15.4 Å². The van der Waals surface area contributed by atoms with Crippen LogP contribution in [-0.4, -0.2) is 59.9 Å². The number of halogens is 1. The van der Waals surface area contributed by atoms with Gasteiger partial charge in [-0.15, -0.1) is 15.6 Å². The van der Waals surface area contributed by atoms with Crippen molar-refractivity contribution in [2.45, 2.75) is 77.0 Å². The van der Waals surface area contributed by atoms with E-state index >= 15 is 0 Å². The third-order valence-corrected chi connectivity index (χ3v) is 8.26. The Morgan fingerprint density at radius 1 is 1.22 bits per heavy atom. The second-order valence-electron chi connectivity index (χ2n) is 10.8. The van der Waals surface area contributed by atoms with Crippen LogP contribution in [0.5, 0.6) is 5.75 Å². The van der Waals surface area contributed by atoms with Crippen molar-refractivity contribution in [1.82, 2.24) is 9.88 Å². The summed E-state index contributed by atoms with van der Waals surface area (Å²) in [6.07, 6.45) is -1.45. The minimum absolute atomic E-state index is 0.0384. The van der Waals surface area contributed by atoms with Gasteiger partial charge in [0.15, 0.2) is 5.82 Å². The van der Waals surface area contributed by atoms with Crippen molar-refractivity contribution in [2.24, 2.45) is 5.41 Å². The molecule has 3 rings (SSSR count). The lowest BCUT2D eigenvalue weighted by atomic mass is 9.80. The highest BCUT2D eigenvalue weighted by Gasteiger charge is 2.40. The summed E-state index contributed by atoms with van der Waals surface area (Å²) in [4.78, 5) is 29.7. The number of anilines is 1. The SMILES string of the molecule is CC(C)(C)OC(=O)N(c1cscn1)S(=O)(=O)c1ccc(OC2CCN(C(=O)O)C(C(C)(C)C)C2)c(Cl)c1. The Morgan fingerprint density at radius 3 is 2.41 bits per heavy atom. The summed E-state index contributed by atoms with van der Waals surface area (Å²) in [6, 6.07) is 3.68. The van der Waals surface area contributed by atoms with Gasteiger partial charge < -0.3 is 19.5 Å². The summed E-state index contributed by atoms with van der Waals surface area (Å²) in [6.45, 7) is 11.1. The van der Waals surface area contributed by atoms with Crippen LogP contribution >= 0.6 is 22.9 Å². The van der Waals surface area contributed by atoms with Gasteiger partial charge in [0.25, 0.3) is 10.0 Å². The number of carbonyl (C=O) groups excluding carboxylic acids is 1. The van der Waals surface area contributed by atoms with Crippen LogP contribution in [0.25, 0.3) is 0 Å². The van der Waals surface area contributed by atoms with Crippen molar-refractivity contribution in [3.8, 4) is 5.75 Å². The van der Waals surface area contributed by atoms with Crippen molar-refractivity contribution in [1.29, 1.82) is 0 Å². The molecular weight excluding hydrogens is 542 g/mol. The van der Waals surface area contributed by atoms with E-state index in [2.05, 4.69) is 4.98 Å². The zero-order valence-corrected chi connectivity index (χ0v) is 24.0. The lowest BCUT2D eigenvalue weighted by molar-refractivity contribution is 0.0130. The maximum absolute atomic E-state index is 13.5. The highest BCUT2D eigenvalue weighted by atomic mass is 35.5. The molecule has 0 radical (unpaired) electrons. The number of likely N-dealkylation sites (tertiary alicyclic amines) is 1. The average Bonchev–Trinajstić information content (AvgIpc) is 3.26. The van der Waals surface area contributed by atoms with Gasteiger partial charge in [-0.2, -0.15) is 0 Å². The molecule has 1 saturated heterocycles. The Balaban J connectivity index is 1.86. The number of hydrogen-bond acceptors (Lipinski definition) is 8. The minimum atomic E-state index is -4.42. The molecule has 1 aromatic carbocycles. The maximum Gasteiger partial charge on any atom is 0.430 e. The number of sulfonamides is 1. The lowest BCUT2D eigenvalue weighted by Crippen LogP contribution is -2.53. The number of carboxylic acid groups (broad SMARTS) is 1. The molecule has 0 aliphatic carbocycles. The van der Waals surface area contributed by atoms with Gasteiger partial charge in [0.05, 0.1) is 15.4 Å². The monoisotopic (exact) mass is 573 g/mol. The molecule has 37 heavy (non-hydrogen) atoms. The number of amides is 2. The molecule has 2 amide bonds. The van der Waals surface area contributed by atoms with E-state index in [1.807, 2.05) is 20.8 Å². The molecule has 1 aliphatic heterocycles. The molecule has 0 spiro atoms. The third kappa shape index (κ3) is 6.85. The summed E-state index contributed by atoms with van der Waals surface area (Å²) >= 11 is 7.57. The van der Waals surface area contributed by atoms with Crippen LogP contribution in [0.2, 0.25) is 5.02 Å². The Kier molecular flexibility index (Phi) is 8.35. The molecule has 1 N–H and O–H groups in total. The van der Waals surface area contributed by atoms with Gasteiger partial charge in [-0.25, -0.2) is 23.0 Å². The number of aromatic nitrogens is 1. The first-order valence-electron chi connectivity index (χ1n) is 11.6. The first-order valence-corrected chi connectivity index (χ1v) is 14.4. The average molecular weight is 574 g/mol. The van der Waals surface area contributed by atoms with Gasteiger partial charge >= 0.3 is 12.2 Å². The summed E-state index contributed by atoms with van der Waals surface area (Å²) in [5.41, 5.74) is 0.174. The zero-order valence-electron chi connectivity index (χ0n) is 21.6. The Morgan fingerprint density at radius 2 is 1.89 bits per heavy atom. The molecule has 2 heterocycles. The minimum Gasteiger partial charge on any atom is -0.489 e. The first-order chi connectivity index (χ1) is 17.0. The largest absolute Gasteiger partial charge is 0.489 e. The van der Waals surface area contributed by atoms with E-state index in [9.17, 15) is 23.1 Å². The molecule has 2 atom stereocenters. The van der Waals surface area contributed by atoms with E-state index in [0.717, 1.165) is 11.3 Å². The van der Waals surface area contributed by atoms with Crippen LogP contribution in [0.3, 0.4) is 0 Å². The van der Waals surface area contributed by atoms with Crippen molar-refractivity contribution < 1.29 is 32.6 Å². The molecule has 13 heteroatoms. The van der Waals surface area contributed by atoms with Gasteiger partial charge in [-0.1, -0.05) is 32.4 Å². The highest BCUT2D eigenvalue weighted by Crippen LogP contribution is 2.36. The van der Waals surface area contributed by atoms with Crippen molar-refractivity contribution in [3.05, 3.63) is 34.1 Å². The predicted molar refractivity (Wildman–Crippen MR) is 141 cm³/mol. The van der Waals surface area contributed by atoms with Crippen molar-refractivity contribution in [3.63, 3.8) is 0 Å². The number of piperidine rings is 1. The van der Waals surface area contributed by atoms with E-state index in [0.29, 0.717) is 23.7 Å².